The smallest absolute Gasteiger partial charge is 0.349 e. The summed E-state index contributed by atoms with van der Waals surface area (Å²) in [5.74, 6) is -1.67. The highest BCUT2D eigenvalue weighted by Crippen LogP contribution is 2.37. The zero-order valence-corrected chi connectivity index (χ0v) is 24.4. The number of aliphatic carboxylic acids is 1. The molecule has 2 aromatic carbocycles. The van der Waals surface area contributed by atoms with Crippen LogP contribution in [0.1, 0.15) is 50.7 Å². The van der Waals surface area contributed by atoms with Crippen LogP contribution in [0.15, 0.2) is 52.6 Å². The lowest BCUT2D eigenvalue weighted by molar-refractivity contribution is -0.144. The summed E-state index contributed by atoms with van der Waals surface area (Å²) < 4.78 is 10.0. The largest absolute Gasteiger partial charge is 0.479 e. The van der Waals surface area contributed by atoms with Gasteiger partial charge in [0.1, 0.15) is 10.8 Å². The molecule has 2 amide bonds. The molecule has 1 aliphatic heterocycles. The van der Waals surface area contributed by atoms with E-state index in [0.717, 1.165) is 18.4 Å². The first-order valence-corrected chi connectivity index (χ1v) is 13.7. The SMILES string of the molecule is CCOC(=O)/C(Cl)=C/c1cc(N2C(=O)C3=C(CCCC3)C2=O)ccc1Cl.Cc1cc(Cl)ccc1OC(C)C(=O)O. The third-order valence-corrected chi connectivity index (χ3v) is 7.01. The van der Waals surface area contributed by atoms with E-state index < -0.39 is 18.0 Å². The highest BCUT2D eigenvalue weighted by molar-refractivity contribution is 6.43. The minimum absolute atomic E-state index is 0.137. The highest BCUT2D eigenvalue weighted by Gasteiger charge is 2.39. The fraction of sp³-hybridized carbons (Fsp3) is 0.310. The summed E-state index contributed by atoms with van der Waals surface area (Å²) in [6, 6.07) is 9.79. The number of hydrogen-bond donors (Lipinski definition) is 1. The standard InChI is InChI=1S/C19H17Cl2NO4.C10H11ClO3/c1-2-26-19(25)16(21)10-11-9-12(7-8-15(11)20)22-17(23)13-5-3-4-6-14(13)18(22)24;1-6-5-8(11)3-4-9(6)14-7(2)10(12)13/h7-10H,2-6H2,1H3;3-5,7H,1-2H3,(H,12,13)/b16-10-;. The number of halogens is 3. The molecular formula is C29H28Cl3NO7. The Hall–Kier alpha value is -3.33. The van der Waals surface area contributed by atoms with E-state index in [-0.39, 0.29) is 23.5 Å². The number of rotatable bonds is 7. The number of anilines is 1. The molecule has 0 fully saturated rings. The number of carboxylic acid groups (broad SMARTS) is 1. The van der Waals surface area contributed by atoms with E-state index in [1.807, 2.05) is 6.92 Å². The number of carbonyl (C=O) groups excluding carboxylic acids is 3. The molecule has 40 heavy (non-hydrogen) atoms. The third kappa shape index (κ3) is 7.44. The number of nitrogens with zero attached hydrogens (tertiary/aromatic N) is 1. The summed E-state index contributed by atoms with van der Waals surface area (Å²) in [6.45, 7) is 5.17. The maximum absolute atomic E-state index is 12.7. The van der Waals surface area contributed by atoms with Crippen LogP contribution in [0.5, 0.6) is 5.75 Å². The van der Waals surface area contributed by atoms with Gasteiger partial charge in [0.15, 0.2) is 6.10 Å². The van der Waals surface area contributed by atoms with Gasteiger partial charge in [-0.3, -0.25) is 9.59 Å². The topological polar surface area (TPSA) is 110 Å². The van der Waals surface area contributed by atoms with Gasteiger partial charge in [-0.1, -0.05) is 34.8 Å². The van der Waals surface area contributed by atoms with Crippen LogP contribution in [-0.2, 0) is 23.9 Å². The molecule has 1 N–H and O–H groups in total. The van der Waals surface area contributed by atoms with E-state index in [9.17, 15) is 19.2 Å². The zero-order valence-electron chi connectivity index (χ0n) is 22.1. The van der Waals surface area contributed by atoms with Gasteiger partial charge in [-0.05, 0) is 100 Å². The van der Waals surface area contributed by atoms with E-state index in [4.69, 9.17) is 49.4 Å². The van der Waals surface area contributed by atoms with Gasteiger partial charge in [0.05, 0.1) is 12.3 Å². The first kappa shape index (κ1) is 31.2. The van der Waals surface area contributed by atoms with Crippen LogP contribution < -0.4 is 9.64 Å². The molecule has 1 atom stereocenters. The van der Waals surface area contributed by atoms with Crippen LogP contribution in [0.4, 0.5) is 5.69 Å². The van der Waals surface area contributed by atoms with Crippen molar-refractivity contribution in [3.63, 3.8) is 0 Å². The van der Waals surface area contributed by atoms with Crippen LogP contribution in [0.2, 0.25) is 10.0 Å². The molecule has 1 unspecified atom stereocenters. The van der Waals surface area contributed by atoms with E-state index in [2.05, 4.69) is 0 Å². The predicted molar refractivity (Wildman–Crippen MR) is 154 cm³/mol. The lowest BCUT2D eigenvalue weighted by Crippen LogP contribution is -2.31. The van der Waals surface area contributed by atoms with Gasteiger partial charge in [0.2, 0.25) is 0 Å². The molecule has 0 bridgehead atoms. The molecule has 0 aromatic heterocycles. The summed E-state index contributed by atoms with van der Waals surface area (Å²) in [5.41, 5.74) is 2.87. The van der Waals surface area contributed by atoms with Gasteiger partial charge in [0, 0.05) is 21.2 Å². The van der Waals surface area contributed by atoms with E-state index in [0.29, 0.717) is 51.0 Å². The molecule has 8 nitrogen and oxygen atoms in total. The van der Waals surface area contributed by atoms with Crippen LogP contribution in [0, 0.1) is 6.92 Å². The average Bonchev–Trinajstić information content (AvgIpc) is 3.17. The van der Waals surface area contributed by atoms with Crippen LogP contribution in [-0.4, -0.2) is 41.6 Å². The Morgan fingerprint density at radius 2 is 1.68 bits per heavy atom. The maximum atomic E-state index is 12.7. The molecule has 2 aliphatic rings. The van der Waals surface area contributed by atoms with Crippen molar-refractivity contribution < 1.29 is 33.8 Å². The third-order valence-electron chi connectivity index (χ3n) is 6.17. The molecule has 1 heterocycles. The number of benzene rings is 2. The second-order valence-electron chi connectivity index (χ2n) is 9.04. The molecular weight excluding hydrogens is 581 g/mol. The van der Waals surface area contributed by atoms with Gasteiger partial charge in [-0.15, -0.1) is 0 Å². The number of hydrogen-bond acceptors (Lipinski definition) is 6. The van der Waals surface area contributed by atoms with Crippen molar-refractivity contribution in [3.05, 3.63) is 73.7 Å². The van der Waals surface area contributed by atoms with Crippen molar-refractivity contribution in [3.8, 4) is 5.75 Å². The summed E-state index contributed by atoms with van der Waals surface area (Å²) in [6.07, 6.45) is 3.60. The molecule has 2 aromatic rings. The number of ether oxygens (including phenoxy) is 2. The maximum Gasteiger partial charge on any atom is 0.349 e. The number of imide groups is 1. The first-order valence-electron chi connectivity index (χ1n) is 12.5. The molecule has 0 spiro atoms. The van der Waals surface area contributed by atoms with E-state index in [1.165, 1.54) is 17.9 Å². The monoisotopic (exact) mass is 607 g/mol. The van der Waals surface area contributed by atoms with Crippen LogP contribution >= 0.6 is 34.8 Å². The summed E-state index contributed by atoms with van der Waals surface area (Å²) in [7, 11) is 0. The normalized spacial score (nSPS) is 15.8. The predicted octanol–water partition coefficient (Wildman–Crippen LogP) is 6.73. The molecule has 212 valence electrons. The lowest BCUT2D eigenvalue weighted by Gasteiger charge is -2.16. The average molecular weight is 609 g/mol. The van der Waals surface area contributed by atoms with Crippen LogP contribution in [0.3, 0.4) is 0 Å². The van der Waals surface area contributed by atoms with Gasteiger partial charge in [0.25, 0.3) is 11.8 Å². The summed E-state index contributed by atoms with van der Waals surface area (Å²) in [5, 5.41) is 9.45. The Labute approximate surface area is 247 Å². The van der Waals surface area contributed by atoms with Crippen LogP contribution in [0.25, 0.3) is 6.08 Å². The molecule has 11 heteroatoms. The molecule has 0 saturated carbocycles. The second-order valence-corrected chi connectivity index (χ2v) is 10.3. The van der Waals surface area contributed by atoms with Gasteiger partial charge in [-0.2, -0.15) is 0 Å². The number of aryl methyl sites for hydroxylation is 1. The Morgan fingerprint density at radius 3 is 2.23 bits per heavy atom. The lowest BCUT2D eigenvalue weighted by atomic mass is 9.93. The number of carboxylic acids is 1. The number of amides is 2. The summed E-state index contributed by atoms with van der Waals surface area (Å²) in [4.78, 5) is 48.7. The molecule has 1 aliphatic carbocycles. The number of esters is 1. The fourth-order valence-electron chi connectivity index (χ4n) is 4.14. The highest BCUT2D eigenvalue weighted by atomic mass is 35.5. The molecule has 4 rings (SSSR count). The minimum atomic E-state index is -0.987. The molecule has 0 radical (unpaired) electrons. The van der Waals surface area contributed by atoms with Crippen molar-refractivity contribution in [2.75, 3.05) is 11.5 Å². The van der Waals surface area contributed by atoms with Crippen molar-refractivity contribution >= 4 is 70.3 Å². The fourth-order valence-corrected chi connectivity index (χ4v) is 4.71. The van der Waals surface area contributed by atoms with Crippen molar-refractivity contribution in [1.29, 1.82) is 0 Å². The van der Waals surface area contributed by atoms with E-state index in [1.54, 1.807) is 43.3 Å². The van der Waals surface area contributed by atoms with Crippen molar-refractivity contribution in [2.24, 2.45) is 0 Å². The Bertz CT molecular complexity index is 1370. The first-order chi connectivity index (χ1) is 18.9. The Kier molecular flexibility index (Phi) is 10.8. The summed E-state index contributed by atoms with van der Waals surface area (Å²) >= 11 is 17.9. The zero-order chi connectivity index (χ0) is 29.6. The van der Waals surface area contributed by atoms with Gasteiger partial charge < -0.3 is 14.6 Å². The van der Waals surface area contributed by atoms with Gasteiger partial charge >= 0.3 is 11.9 Å². The quantitative estimate of drug-likeness (QED) is 0.211. The minimum Gasteiger partial charge on any atom is -0.479 e. The van der Waals surface area contributed by atoms with Crippen molar-refractivity contribution in [2.45, 2.75) is 52.6 Å². The van der Waals surface area contributed by atoms with Crippen molar-refractivity contribution in [1.82, 2.24) is 0 Å². The van der Waals surface area contributed by atoms with E-state index >= 15 is 0 Å². The number of carbonyl (C=O) groups is 4. The second kappa shape index (κ2) is 13.8. The Balaban J connectivity index is 0.000000267. The van der Waals surface area contributed by atoms with Gasteiger partial charge in [-0.25, -0.2) is 14.5 Å². The molecule has 0 saturated heterocycles. The Morgan fingerprint density at radius 1 is 1.05 bits per heavy atom.